The van der Waals surface area contributed by atoms with Crippen molar-refractivity contribution in [1.29, 1.82) is 0 Å². The molecule has 2 aromatic carbocycles. The molecule has 0 radical (unpaired) electrons. The van der Waals surface area contributed by atoms with Gasteiger partial charge in [-0.25, -0.2) is 4.68 Å². The van der Waals surface area contributed by atoms with E-state index in [1.807, 2.05) is 63.2 Å². The van der Waals surface area contributed by atoms with Crippen molar-refractivity contribution in [3.8, 4) is 11.4 Å². The molecule has 5 nitrogen and oxygen atoms in total. The molecular weight excluding hydrogens is 326 g/mol. The Bertz CT molecular complexity index is 1080. The SMILES string of the molecule is C=c1[nH]n(-c2ccc(C)c(C)c2)c(=O)c1=CNc1ccc(OCC)cc1. The van der Waals surface area contributed by atoms with E-state index in [1.54, 1.807) is 6.20 Å². The monoisotopic (exact) mass is 349 g/mol. The zero-order chi connectivity index (χ0) is 18.7. The molecule has 0 aliphatic carbocycles. The number of hydrogen-bond acceptors (Lipinski definition) is 3. The normalized spacial score (nSPS) is 11.6. The summed E-state index contributed by atoms with van der Waals surface area (Å²) in [6, 6.07) is 13.5. The van der Waals surface area contributed by atoms with E-state index in [2.05, 4.69) is 17.0 Å². The summed E-state index contributed by atoms with van der Waals surface area (Å²) < 4.78 is 6.94. The minimum absolute atomic E-state index is 0.142. The quantitative estimate of drug-likeness (QED) is 0.744. The third-order valence-corrected chi connectivity index (χ3v) is 4.30. The Hall–Kier alpha value is -3.21. The van der Waals surface area contributed by atoms with Gasteiger partial charge in [-0.15, -0.1) is 0 Å². The zero-order valence-electron chi connectivity index (χ0n) is 15.3. The fourth-order valence-corrected chi connectivity index (χ4v) is 2.66. The zero-order valence-corrected chi connectivity index (χ0v) is 15.3. The molecule has 1 heterocycles. The summed E-state index contributed by atoms with van der Waals surface area (Å²) in [5.74, 6) is 0.814. The first-order chi connectivity index (χ1) is 12.5. The van der Waals surface area contributed by atoms with Crippen molar-refractivity contribution in [3.63, 3.8) is 0 Å². The Balaban J connectivity index is 1.92. The van der Waals surface area contributed by atoms with Gasteiger partial charge >= 0.3 is 0 Å². The fourth-order valence-electron chi connectivity index (χ4n) is 2.66. The van der Waals surface area contributed by atoms with Gasteiger partial charge in [0, 0.05) is 11.9 Å². The standard InChI is InChI=1S/C21H23N3O2/c1-5-26-19-10-7-17(8-11-19)22-13-20-16(4)23-24(21(20)25)18-9-6-14(2)15(3)12-18/h6-13,22-23H,4-5H2,1-3H3. The molecule has 0 fully saturated rings. The molecule has 0 bridgehead atoms. The predicted molar refractivity (Wildman–Crippen MR) is 106 cm³/mol. The van der Waals surface area contributed by atoms with Crippen LogP contribution >= 0.6 is 0 Å². The van der Waals surface area contributed by atoms with E-state index in [4.69, 9.17) is 4.74 Å². The third kappa shape index (κ3) is 3.57. The van der Waals surface area contributed by atoms with Crippen LogP contribution in [0.4, 0.5) is 5.69 Å². The van der Waals surface area contributed by atoms with Gasteiger partial charge < -0.3 is 10.1 Å². The number of benzene rings is 2. The van der Waals surface area contributed by atoms with Crippen LogP contribution < -0.4 is 26.2 Å². The van der Waals surface area contributed by atoms with E-state index in [0.29, 0.717) is 17.2 Å². The van der Waals surface area contributed by atoms with Crippen molar-refractivity contribution in [2.75, 3.05) is 11.9 Å². The van der Waals surface area contributed by atoms with Crippen LogP contribution in [0.3, 0.4) is 0 Å². The Morgan fingerprint density at radius 2 is 1.88 bits per heavy atom. The number of aromatic amines is 1. The van der Waals surface area contributed by atoms with Crippen LogP contribution in [-0.2, 0) is 0 Å². The topological polar surface area (TPSA) is 59.0 Å². The highest BCUT2D eigenvalue weighted by molar-refractivity contribution is 5.55. The molecular formula is C21H23N3O2. The van der Waals surface area contributed by atoms with Gasteiger partial charge in [-0.1, -0.05) is 12.6 Å². The average Bonchev–Trinajstić information content (AvgIpc) is 2.91. The Kier molecular flexibility index (Phi) is 4.98. The van der Waals surface area contributed by atoms with E-state index in [-0.39, 0.29) is 5.56 Å². The summed E-state index contributed by atoms with van der Waals surface area (Å²) in [7, 11) is 0. The van der Waals surface area contributed by atoms with Crippen LogP contribution in [0.15, 0.2) is 47.3 Å². The van der Waals surface area contributed by atoms with Crippen LogP contribution in [0.1, 0.15) is 18.1 Å². The second-order valence-electron chi connectivity index (χ2n) is 6.16. The smallest absolute Gasteiger partial charge is 0.280 e. The van der Waals surface area contributed by atoms with Gasteiger partial charge in [0.15, 0.2) is 0 Å². The van der Waals surface area contributed by atoms with Gasteiger partial charge in [-0.3, -0.25) is 9.89 Å². The van der Waals surface area contributed by atoms with Crippen molar-refractivity contribution in [1.82, 2.24) is 9.78 Å². The lowest BCUT2D eigenvalue weighted by molar-refractivity contribution is 0.340. The number of nitrogens with zero attached hydrogens (tertiary/aromatic N) is 1. The van der Waals surface area contributed by atoms with E-state index in [9.17, 15) is 4.79 Å². The number of H-pyrrole nitrogens is 1. The Morgan fingerprint density at radius 3 is 2.54 bits per heavy atom. The van der Waals surface area contributed by atoms with Crippen LogP contribution in [0, 0.1) is 13.8 Å². The summed E-state index contributed by atoms with van der Waals surface area (Å²) in [6.07, 6.45) is 1.67. The maximum absolute atomic E-state index is 12.7. The minimum atomic E-state index is -0.142. The molecule has 0 unspecified atom stereocenters. The first-order valence-electron chi connectivity index (χ1n) is 8.57. The molecule has 3 rings (SSSR count). The van der Waals surface area contributed by atoms with Crippen LogP contribution in [-0.4, -0.2) is 16.4 Å². The number of anilines is 1. The summed E-state index contributed by atoms with van der Waals surface area (Å²) in [6.45, 7) is 10.6. The number of ether oxygens (including phenoxy) is 1. The summed E-state index contributed by atoms with van der Waals surface area (Å²) in [4.78, 5) is 12.7. The molecule has 0 aliphatic heterocycles. The lowest BCUT2D eigenvalue weighted by Gasteiger charge is -2.05. The highest BCUT2D eigenvalue weighted by Gasteiger charge is 2.05. The van der Waals surface area contributed by atoms with Gasteiger partial charge in [0.25, 0.3) is 5.56 Å². The van der Waals surface area contributed by atoms with Crippen LogP contribution in [0.5, 0.6) is 5.75 Å². The van der Waals surface area contributed by atoms with Gasteiger partial charge in [0.1, 0.15) is 5.75 Å². The number of hydrogen-bond donors (Lipinski definition) is 2. The maximum atomic E-state index is 12.7. The summed E-state index contributed by atoms with van der Waals surface area (Å²) in [5.41, 5.74) is 3.84. The van der Waals surface area contributed by atoms with Gasteiger partial charge in [0.05, 0.1) is 22.9 Å². The third-order valence-electron chi connectivity index (χ3n) is 4.30. The Labute approximate surface area is 152 Å². The highest BCUT2D eigenvalue weighted by Crippen LogP contribution is 2.15. The molecule has 0 saturated heterocycles. The second-order valence-corrected chi connectivity index (χ2v) is 6.16. The molecule has 5 heteroatoms. The number of aryl methyl sites for hydroxylation is 2. The van der Waals surface area contributed by atoms with Crippen LogP contribution in [0.2, 0.25) is 0 Å². The van der Waals surface area contributed by atoms with Gasteiger partial charge in [0.2, 0.25) is 0 Å². The largest absolute Gasteiger partial charge is 0.494 e. The van der Waals surface area contributed by atoms with Crippen molar-refractivity contribution in [2.45, 2.75) is 20.8 Å². The molecule has 0 spiro atoms. The van der Waals surface area contributed by atoms with Crippen molar-refractivity contribution in [2.24, 2.45) is 0 Å². The van der Waals surface area contributed by atoms with E-state index >= 15 is 0 Å². The molecule has 134 valence electrons. The van der Waals surface area contributed by atoms with E-state index in [0.717, 1.165) is 22.7 Å². The molecule has 0 saturated carbocycles. The second kappa shape index (κ2) is 7.35. The maximum Gasteiger partial charge on any atom is 0.280 e. The first kappa shape index (κ1) is 17.6. The number of nitrogens with one attached hydrogen (secondary N) is 2. The predicted octanol–water partition coefficient (Wildman–Crippen LogP) is 2.44. The highest BCUT2D eigenvalue weighted by atomic mass is 16.5. The molecule has 2 N–H and O–H groups in total. The molecule has 3 aromatic rings. The lowest BCUT2D eigenvalue weighted by Crippen LogP contribution is -2.34. The minimum Gasteiger partial charge on any atom is -0.494 e. The van der Waals surface area contributed by atoms with E-state index < -0.39 is 0 Å². The molecule has 1 aromatic heterocycles. The number of aromatic nitrogens is 2. The molecule has 26 heavy (non-hydrogen) atoms. The van der Waals surface area contributed by atoms with Crippen molar-refractivity contribution < 1.29 is 4.74 Å². The van der Waals surface area contributed by atoms with E-state index in [1.165, 1.54) is 10.2 Å². The molecule has 0 amide bonds. The number of rotatable bonds is 5. The summed E-state index contributed by atoms with van der Waals surface area (Å²) in [5, 5.41) is 7.24. The lowest BCUT2D eigenvalue weighted by atomic mass is 10.1. The summed E-state index contributed by atoms with van der Waals surface area (Å²) >= 11 is 0. The van der Waals surface area contributed by atoms with Gasteiger partial charge in [-0.2, -0.15) is 0 Å². The van der Waals surface area contributed by atoms with Crippen molar-refractivity contribution in [3.05, 3.63) is 74.5 Å². The van der Waals surface area contributed by atoms with Gasteiger partial charge in [-0.05, 0) is 68.3 Å². The average molecular weight is 349 g/mol. The first-order valence-corrected chi connectivity index (χ1v) is 8.57. The Morgan fingerprint density at radius 1 is 1.15 bits per heavy atom. The fraction of sp³-hybridized carbons (Fsp3) is 0.190. The molecule has 0 atom stereocenters. The molecule has 0 aliphatic rings. The van der Waals surface area contributed by atoms with Crippen molar-refractivity contribution >= 4 is 18.5 Å². The van der Waals surface area contributed by atoms with Crippen LogP contribution in [0.25, 0.3) is 18.5 Å².